The molecule has 1 amide bonds. The molecule has 1 aliphatic heterocycles. The number of hydrogen-bond donors (Lipinski definition) is 1. The van der Waals surface area contributed by atoms with E-state index in [0.29, 0.717) is 11.8 Å². The van der Waals surface area contributed by atoms with Gasteiger partial charge >= 0.3 is 0 Å². The number of benzene rings is 1. The highest BCUT2D eigenvalue weighted by atomic mass is 32.2. The Balaban J connectivity index is 2.36. The average molecular weight is 266 g/mol. The molecular weight excluding hydrogens is 248 g/mol. The molecule has 2 rings (SSSR count). The first kappa shape index (κ1) is 13.2. The zero-order valence-corrected chi connectivity index (χ0v) is 11.7. The number of amides is 1. The summed E-state index contributed by atoms with van der Waals surface area (Å²) < 4.78 is 5.23. The van der Waals surface area contributed by atoms with Crippen molar-refractivity contribution in [3.8, 4) is 5.75 Å². The number of likely N-dealkylation sites (N-methyl/N-ethyl adjacent to an activating group) is 1. The van der Waals surface area contributed by atoms with Gasteiger partial charge in [0.15, 0.2) is 0 Å². The largest absolute Gasteiger partial charge is 0.497 e. The van der Waals surface area contributed by atoms with Crippen LogP contribution >= 0.6 is 11.8 Å². The molecule has 0 saturated heterocycles. The van der Waals surface area contributed by atoms with Crippen LogP contribution in [-0.2, 0) is 4.79 Å². The van der Waals surface area contributed by atoms with Crippen molar-refractivity contribution in [2.75, 3.05) is 32.1 Å². The van der Waals surface area contributed by atoms with Gasteiger partial charge in [0.25, 0.3) is 0 Å². The van der Waals surface area contributed by atoms with E-state index in [2.05, 4.69) is 12.2 Å². The molecule has 1 aromatic rings. The molecule has 98 valence electrons. The van der Waals surface area contributed by atoms with Crippen LogP contribution in [0.25, 0.3) is 0 Å². The number of fused-ring (bicyclic) bond motifs is 1. The lowest BCUT2D eigenvalue weighted by Gasteiger charge is -2.33. The highest BCUT2D eigenvalue weighted by Gasteiger charge is 2.26. The van der Waals surface area contributed by atoms with Gasteiger partial charge in [-0.1, -0.05) is 6.92 Å². The molecule has 4 nitrogen and oxygen atoms in total. The number of carbonyl (C=O) groups excluding carboxylic acids is 1. The summed E-state index contributed by atoms with van der Waals surface area (Å²) in [5, 5.41) is 3.32. The van der Waals surface area contributed by atoms with E-state index in [1.807, 2.05) is 23.1 Å². The lowest BCUT2D eigenvalue weighted by molar-refractivity contribution is -0.117. The number of nitrogens with zero attached hydrogens (tertiary/aromatic N) is 1. The van der Waals surface area contributed by atoms with Crippen molar-refractivity contribution < 1.29 is 9.53 Å². The van der Waals surface area contributed by atoms with Crippen molar-refractivity contribution in [3.05, 3.63) is 18.2 Å². The smallest absolute Gasteiger partial charge is 0.241 e. The number of hydrogen-bond acceptors (Lipinski definition) is 4. The fourth-order valence-corrected chi connectivity index (χ4v) is 3.12. The van der Waals surface area contributed by atoms with Crippen LogP contribution in [0.4, 0.5) is 5.69 Å². The Labute approximate surface area is 112 Å². The van der Waals surface area contributed by atoms with Crippen molar-refractivity contribution in [1.82, 2.24) is 5.32 Å². The predicted molar refractivity (Wildman–Crippen MR) is 74.6 cm³/mol. The quantitative estimate of drug-likeness (QED) is 0.905. The SMILES string of the molecule is CNCC(=O)N1CC(C)Sc2ccc(OC)cc21. The van der Waals surface area contributed by atoms with Crippen molar-refractivity contribution >= 4 is 23.4 Å². The highest BCUT2D eigenvalue weighted by Crippen LogP contribution is 2.40. The minimum atomic E-state index is 0.0964. The van der Waals surface area contributed by atoms with Crippen molar-refractivity contribution in [2.24, 2.45) is 0 Å². The van der Waals surface area contributed by atoms with Gasteiger partial charge in [0.05, 0.1) is 19.3 Å². The van der Waals surface area contributed by atoms with E-state index < -0.39 is 0 Å². The third kappa shape index (κ3) is 2.62. The van der Waals surface area contributed by atoms with Gasteiger partial charge in [-0.05, 0) is 19.2 Å². The Morgan fingerprint density at radius 1 is 1.61 bits per heavy atom. The molecule has 0 aliphatic carbocycles. The van der Waals surface area contributed by atoms with Crippen LogP contribution < -0.4 is 15.0 Å². The van der Waals surface area contributed by atoms with Gasteiger partial charge in [-0.3, -0.25) is 4.79 Å². The van der Waals surface area contributed by atoms with Crippen LogP contribution in [0.5, 0.6) is 5.75 Å². The molecule has 1 aliphatic rings. The molecule has 1 aromatic carbocycles. The number of methoxy groups -OCH3 is 1. The van der Waals surface area contributed by atoms with Crippen LogP contribution in [-0.4, -0.2) is 38.4 Å². The van der Waals surface area contributed by atoms with Crippen LogP contribution in [0, 0.1) is 0 Å². The maximum atomic E-state index is 12.1. The number of ether oxygens (including phenoxy) is 1. The molecular formula is C13H18N2O2S. The Kier molecular flexibility index (Phi) is 4.14. The van der Waals surface area contributed by atoms with Gasteiger partial charge < -0.3 is 15.0 Å². The molecule has 1 atom stereocenters. The molecule has 1 heterocycles. The summed E-state index contributed by atoms with van der Waals surface area (Å²) in [7, 11) is 3.42. The van der Waals surface area contributed by atoms with E-state index in [1.165, 1.54) is 0 Å². The van der Waals surface area contributed by atoms with E-state index >= 15 is 0 Å². The molecule has 1 unspecified atom stereocenters. The third-order valence-corrected chi connectivity index (χ3v) is 4.00. The Morgan fingerprint density at radius 2 is 2.39 bits per heavy atom. The zero-order valence-electron chi connectivity index (χ0n) is 10.9. The summed E-state index contributed by atoms with van der Waals surface area (Å²) in [5.41, 5.74) is 0.956. The summed E-state index contributed by atoms with van der Waals surface area (Å²) in [4.78, 5) is 15.1. The van der Waals surface area contributed by atoms with E-state index in [0.717, 1.165) is 22.9 Å². The fraction of sp³-hybridized carbons (Fsp3) is 0.462. The van der Waals surface area contributed by atoms with E-state index in [4.69, 9.17) is 4.74 Å². The minimum absolute atomic E-state index is 0.0964. The summed E-state index contributed by atoms with van der Waals surface area (Å²) >= 11 is 1.80. The normalized spacial score (nSPS) is 18.4. The van der Waals surface area contributed by atoms with Crippen LogP contribution in [0.3, 0.4) is 0 Å². The number of nitrogens with one attached hydrogen (secondary N) is 1. The first-order chi connectivity index (χ1) is 8.65. The molecule has 0 saturated carbocycles. The van der Waals surface area contributed by atoms with Gasteiger partial charge in [-0.2, -0.15) is 0 Å². The summed E-state index contributed by atoms with van der Waals surface area (Å²) in [6, 6.07) is 5.89. The topological polar surface area (TPSA) is 41.6 Å². The fourth-order valence-electron chi connectivity index (χ4n) is 2.03. The minimum Gasteiger partial charge on any atom is -0.497 e. The summed E-state index contributed by atoms with van der Waals surface area (Å²) in [6.07, 6.45) is 0. The standard InChI is InChI=1S/C13H18N2O2S/c1-9-8-15(13(16)7-14-2)11-6-10(17-3)4-5-12(11)18-9/h4-6,9,14H,7-8H2,1-3H3. The molecule has 18 heavy (non-hydrogen) atoms. The van der Waals surface area contributed by atoms with Gasteiger partial charge in [0.1, 0.15) is 5.75 Å². The molecule has 0 fully saturated rings. The zero-order chi connectivity index (χ0) is 13.1. The molecule has 5 heteroatoms. The van der Waals surface area contributed by atoms with Crippen molar-refractivity contribution in [1.29, 1.82) is 0 Å². The van der Waals surface area contributed by atoms with Crippen LogP contribution in [0.1, 0.15) is 6.92 Å². The summed E-state index contributed by atoms with van der Waals surface area (Å²) in [5.74, 6) is 0.880. The molecule has 0 bridgehead atoms. The average Bonchev–Trinajstić information content (AvgIpc) is 2.37. The van der Waals surface area contributed by atoms with Gasteiger partial charge in [0, 0.05) is 22.8 Å². The Hall–Kier alpha value is -1.20. The molecule has 0 aromatic heterocycles. The van der Waals surface area contributed by atoms with Crippen molar-refractivity contribution in [2.45, 2.75) is 17.1 Å². The monoisotopic (exact) mass is 266 g/mol. The van der Waals surface area contributed by atoms with Gasteiger partial charge in [-0.25, -0.2) is 0 Å². The number of rotatable bonds is 3. The molecule has 0 spiro atoms. The van der Waals surface area contributed by atoms with E-state index in [1.54, 1.807) is 25.9 Å². The number of thioether (sulfide) groups is 1. The van der Waals surface area contributed by atoms with Crippen LogP contribution in [0.2, 0.25) is 0 Å². The highest BCUT2D eigenvalue weighted by molar-refractivity contribution is 8.00. The van der Waals surface area contributed by atoms with Crippen molar-refractivity contribution in [3.63, 3.8) is 0 Å². The maximum absolute atomic E-state index is 12.1. The second-order valence-corrected chi connectivity index (χ2v) is 5.78. The maximum Gasteiger partial charge on any atom is 0.241 e. The van der Waals surface area contributed by atoms with E-state index in [9.17, 15) is 4.79 Å². The third-order valence-electron chi connectivity index (χ3n) is 2.85. The van der Waals surface area contributed by atoms with Gasteiger partial charge in [-0.15, -0.1) is 11.8 Å². The molecule has 1 N–H and O–H groups in total. The first-order valence-electron chi connectivity index (χ1n) is 5.95. The second kappa shape index (κ2) is 5.63. The Bertz CT molecular complexity index is 451. The molecule has 0 radical (unpaired) electrons. The Morgan fingerprint density at radius 3 is 3.06 bits per heavy atom. The van der Waals surface area contributed by atoms with Gasteiger partial charge in [0.2, 0.25) is 5.91 Å². The lowest BCUT2D eigenvalue weighted by Crippen LogP contribution is -2.42. The predicted octanol–water partition coefficient (Wildman–Crippen LogP) is 1.74. The second-order valence-electron chi connectivity index (χ2n) is 4.30. The number of carbonyl (C=O) groups is 1. The first-order valence-corrected chi connectivity index (χ1v) is 6.83. The lowest BCUT2D eigenvalue weighted by atomic mass is 10.2. The van der Waals surface area contributed by atoms with E-state index in [-0.39, 0.29) is 5.91 Å². The number of anilines is 1. The van der Waals surface area contributed by atoms with Crippen LogP contribution in [0.15, 0.2) is 23.1 Å². The summed E-state index contributed by atoms with van der Waals surface area (Å²) in [6.45, 7) is 3.23.